The van der Waals surface area contributed by atoms with Crippen molar-refractivity contribution in [2.45, 2.75) is 0 Å². The van der Waals surface area contributed by atoms with Crippen molar-refractivity contribution >= 4 is 28.4 Å². The number of halogens is 1. The van der Waals surface area contributed by atoms with E-state index in [0.717, 1.165) is 9.61 Å². The molecule has 4 nitrogen and oxygen atoms in total. The minimum absolute atomic E-state index is 0.879. The lowest BCUT2D eigenvalue weighted by atomic mass is 10.9. The lowest BCUT2D eigenvalue weighted by Crippen LogP contribution is -1.90. The van der Waals surface area contributed by atoms with Gasteiger partial charge in [0.1, 0.15) is 0 Å². The molecule has 0 saturated heterocycles. The highest BCUT2D eigenvalue weighted by Gasteiger charge is 2.03. The van der Waals surface area contributed by atoms with Gasteiger partial charge in [-0.25, -0.2) is 9.67 Å². The lowest BCUT2D eigenvalue weighted by molar-refractivity contribution is 0.777. The summed E-state index contributed by atoms with van der Waals surface area (Å²) < 4.78 is 4.62. The maximum atomic E-state index is 4.15. The highest BCUT2D eigenvalue weighted by Crippen LogP contribution is 2.04. The summed E-state index contributed by atoms with van der Waals surface area (Å²) in [7, 11) is 1.88. The van der Waals surface area contributed by atoms with Gasteiger partial charge in [-0.3, -0.25) is 4.40 Å². The second kappa shape index (κ2) is 1.94. The highest BCUT2D eigenvalue weighted by atomic mass is 127. The Morgan fingerprint density at radius 1 is 1.60 bits per heavy atom. The standard InChI is InChI=1S/C5H5IN4/c1-9-5-7-2-3-10(5)4(6)8-9/h2-3H,1H3. The average molecular weight is 248 g/mol. The Hall–Kier alpha value is -0.590. The number of hydrogen-bond donors (Lipinski definition) is 0. The molecule has 2 aromatic heterocycles. The number of fused-ring (bicyclic) bond motifs is 1. The van der Waals surface area contributed by atoms with Crippen LogP contribution in [-0.2, 0) is 7.05 Å². The molecular formula is C5H5IN4. The zero-order valence-corrected chi connectivity index (χ0v) is 7.48. The number of imidazole rings is 1. The topological polar surface area (TPSA) is 35.1 Å². The second-order valence-corrected chi connectivity index (χ2v) is 2.95. The van der Waals surface area contributed by atoms with E-state index in [2.05, 4.69) is 32.7 Å². The van der Waals surface area contributed by atoms with E-state index in [0.29, 0.717) is 0 Å². The Labute approximate surface area is 71.0 Å². The fraction of sp³-hybridized carbons (Fsp3) is 0.200. The summed E-state index contributed by atoms with van der Waals surface area (Å²) in [5.41, 5.74) is 0. The van der Waals surface area contributed by atoms with Gasteiger partial charge in [0.15, 0.2) is 3.83 Å². The summed E-state index contributed by atoms with van der Waals surface area (Å²) in [6.45, 7) is 0. The number of aryl methyl sites for hydroxylation is 1. The van der Waals surface area contributed by atoms with Gasteiger partial charge in [0, 0.05) is 42.0 Å². The first-order chi connectivity index (χ1) is 4.79. The molecule has 0 N–H and O–H groups in total. The van der Waals surface area contributed by atoms with Gasteiger partial charge in [-0.1, -0.05) is 0 Å². The number of aromatic nitrogens is 4. The first kappa shape index (κ1) is 6.14. The first-order valence-corrected chi connectivity index (χ1v) is 3.88. The summed E-state index contributed by atoms with van der Waals surface area (Å²) in [5.74, 6) is 0.879. The van der Waals surface area contributed by atoms with Crippen LogP contribution >= 0.6 is 22.6 Å². The molecule has 52 valence electrons. The van der Waals surface area contributed by atoms with Crippen LogP contribution in [0.3, 0.4) is 0 Å². The largest absolute Gasteiger partial charge is 0.262 e. The molecule has 2 heterocycles. The van der Waals surface area contributed by atoms with Gasteiger partial charge >= 0.3 is 0 Å². The van der Waals surface area contributed by atoms with Crippen molar-refractivity contribution in [3.05, 3.63) is 16.2 Å². The van der Waals surface area contributed by atoms with Crippen molar-refractivity contribution in [2.75, 3.05) is 0 Å². The Bertz CT molecular complexity index is 329. The van der Waals surface area contributed by atoms with Crippen LogP contribution in [0.2, 0.25) is 0 Å². The molecule has 2 rings (SSSR count). The fourth-order valence-corrected chi connectivity index (χ4v) is 1.60. The molecule has 0 amide bonds. The van der Waals surface area contributed by atoms with E-state index in [4.69, 9.17) is 0 Å². The molecule has 0 aliphatic heterocycles. The molecule has 0 fully saturated rings. The van der Waals surface area contributed by atoms with Crippen LogP contribution in [0.4, 0.5) is 0 Å². The van der Waals surface area contributed by atoms with Crippen LogP contribution in [-0.4, -0.2) is 19.2 Å². The van der Waals surface area contributed by atoms with Crippen molar-refractivity contribution in [1.82, 2.24) is 19.2 Å². The fourth-order valence-electron chi connectivity index (χ4n) is 0.896. The summed E-state index contributed by atoms with van der Waals surface area (Å²) >= 11 is 2.17. The van der Waals surface area contributed by atoms with Crippen molar-refractivity contribution in [1.29, 1.82) is 0 Å². The van der Waals surface area contributed by atoms with E-state index in [-0.39, 0.29) is 0 Å². The van der Waals surface area contributed by atoms with Crippen molar-refractivity contribution in [2.24, 2.45) is 7.05 Å². The third kappa shape index (κ3) is 0.664. The third-order valence-corrected chi connectivity index (χ3v) is 2.08. The maximum absolute atomic E-state index is 4.15. The van der Waals surface area contributed by atoms with Gasteiger partial charge in [0.25, 0.3) is 0 Å². The highest BCUT2D eigenvalue weighted by molar-refractivity contribution is 14.1. The first-order valence-electron chi connectivity index (χ1n) is 2.80. The molecule has 0 bridgehead atoms. The van der Waals surface area contributed by atoms with Gasteiger partial charge < -0.3 is 0 Å². The normalized spacial score (nSPS) is 11.0. The van der Waals surface area contributed by atoms with Crippen LogP contribution in [0, 0.1) is 3.83 Å². The number of rotatable bonds is 0. The van der Waals surface area contributed by atoms with E-state index >= 15 is 0 Å². The number of nitrogens with zero attached hydrogens (tertiary/aromatic N) is 4. The van der Waals surface area contributed by atoms with Gasteiger partial charge in [-0.2, -0.15) is 0 Å². The molecule has 0 aliphatic rings. The summed E-state index contributed by atoms with van der Waals surface area (Å²) in [6.07, 6.45) is 3.66. The molecule has 0 radical (unpaired) electrons. The Kier molecular flexibility index (Phi) is 1.19. The second-order valence-electron chi connectivity index (χ2n) is 1.99. The van der Waals surface area contributed by atoms with Crippen LogP contribution in [0.5, 0.6) is 0 Å². The molecule has 0 unspecified atom stereocenters. The maximum Gasteiger partial charge on any atom is 0.232 e. The Morgan fingerprint density at radius 3 is 3.10 bits per heavy atom. The van der Waals surface area contributed by atoms with Gasteiger partial charge in [0.05, 0.1) is 0 Å². The Balaban J connectivity index is 2.98. The predicted octanol–water partition coefficient (Wildman–Crippen LogP) is 0.672. The quantitative estimate of drug-likeness (QED) is 0.642. The molecule has 0 atom stereocenters. The van der Waals surface area contributed by atoms with E-state index in [1.165, 1.54) is 0 Å². The van der Waals surface area contributed by atoms with Crippen molar-refractivity contribution in [3.63, 3.8) is 0 Å². The molecule has 2 aromatic rings. The van der Waals surface area contributed by atoms with Crippen LogP contribution in [0.1, 0.15) is 0 Å². The monoisotopic (exact) mass is 248 g/mol. The van der Waals surface area contributed by atoms with Crippen molar-refractivity contribution < 1.29 is 0 Å². The zero-order valence-electron chi connectivity index (χ0n) is 5.32. The lowest BCUT2D eigenvalue weighted by Gasteiger charge is -1.81. The minimum atomic E-state index is 0.879. The molecule has 0 saturated carbocycles. The van der Waals surface area contributed by atoms with Gasteiger partial charge in [-0.05, 0) is 0 Å². The van der Waals surface area contributed by atoms with E-state index in [1.54, 1.807) is 10.9 Å². The van der Waals surface area contributed by atoms with Crippen LogP contribution in [0.25, 0.3) is 5.78 Å². The van der Waals surface area contributed by atoms with Gasteiger partial charge in [0.2, 0.25) is 5.78 Å². The minimum Gasteiger partial charge on any atom is -0.262 e. The smallest absolute Gasteiger partial charge is 0.232 e. The molecule has 0 aliphatic carbocycles. The van der Waals surface area contributed by atoms with E-state index in [1.807, 2.05) is 17.6 Å². The summed E-state index contributed by atoms with van der Waals surface area (Å²) in [5, 5.41) is 4.15. The van der Waals surface area contributed by atoms with E-state index in [9.17, 15) is 0 Å². The van der Waals surface area contributed by atoms with E-state index < -0.39 is 0 Å². The Morgan fingerprint density at radius 2 is 2.40 bits per heavy atom. The van der Waals surface area contributed by atoms with Crippen molar-refractivity contribution in [3.8, 4) is 0 Å². The van der Waals surface area contributed by atoms with Crippen LogP contribution < -0.4 is 0 Å². The molecule has 5 heteroatoms. The SMILES string of the molecule is Cn1nc(I)n2ccnc12. The van der Waals surface area contributed by atoms with Crippen LogP contribution in [0.15, 0.2) is 12.4 Å². The summed E-state index contributed by atoms with van der Waals surface area (Å²) in [6, 6.07) is 0. The predicted molar refractivity (Wildman–Crippen MR) is 44.7 cm³/mol. The molecule has 0 spiro atoms. The van der Waals surface area contributed by atoms with Gasteiger partial charge in [-0.15, -0.1) is 5.10 Å². The number of hydrogen-bond acceptors (Lipinski definition) is 2. The average Bonchev–Trinajstić information content (AvgIpc) is 2.39. The molecule has 0 aromatic carbocycles. The molecule has 10 heavy (non-hydrogen) atoms. The molecular weight excluding hydrogens is 243 g/mol. The zero-order chi connectivity index (χ0) is 7.14. The summed E-state index contributed by atoms with van der Waals surface area (Å²) in [4.78, 5) is 4.10. The third-order valence-electron chi connectivity index (χ3n) is 1.34.